The van der Waals surface area contributed by atoms with Crippen LogP contribution in [0.25, 0.3) is 16.7 Å². The fourth-order valence-corrected chi connectivity index (χ4v) is 12.8. The first-order valence-electron chi connectivity index (χ1n) is 23.5. The Morgan fingerprint density at radius 2 is 1.44 bits per heavy atom. The molecule has 0 spiro atoms. The van der Waals surface area contributed by atoms with Crippen LogP contribution in [0.5, 0.6) is 5.75 Å². The number of aliphatic hydroxyl groups is 1. The summed E-state index contributed by atoms with van der Waals surface area (Å²) in [5.41, 5.74) is 8.90. The number of nitrogens with zero attached hydrogens (tertiary/aromatic N) is 3. The van der Waals surface area contributed by atoms with Crippen LogP contribution in [0.3, 0.4) is 0 Å². The number of ether oxygens (including phenoxy) is 1. The molecule has 8 rings (SSSR count). The number of unbranched alkanes of at least 4 members (excludes halogenated alkanes) is 1. The number of aliphatic hydroxyl groups excluding tert-OH is 1. The number of carbonyl (C=O) groups excluding carboxylic acids is 3. The summed E-state index contributed by atoms with van der Waals surface area (Å²) in [6.07, 6.45) is 4.31. The highest BCUT2D eigenvalue weighted by Crippen LogP contribution is 2.36. The molecule has 1 aliphatic rings. The van der Waals surface area contributed by atoms with Crippen LogP contribution in [0.2, 0.25) is 0 Å². The molecule has 0 bridgehead atoms. The van der Waals surface area contributed by atoms with E-state index in [0.717, 1.165) is 83.9 Å². The van der Waals surface area contributed by atoms with Gasteiger partial charge >= 0.3 is 0 Å². The zero-order valence-electron chi connectivity index (χ0n) is 40.8. The van der Waals surface area contributed by atoms with Gasteiger partial charge in [-0.3, -0.25) is 22.9 Å². The number of pyridine rings is 1. The minimum absolute atomic E-state index is 0.0153. The van der Waals surface area contributed by atoms with Crippen LogP contribution in [0.1, 0.15) is 77.2 Å². The molecule has 5 aromatic carbocycles. The summed E-state index contributed by atoms with van der Waals surface area (Å²) in [6, 6.07) is 41.6. The maximum absolute atomic E-state index is 13.6. The number of rotatable bonds is 18. The number of furan rings is 1. The number of carbonyl (C=O) groups is 3. The molecule has 4 N–H and O–H groups in total. The molecule has 14 nitrogen and oxygen atoms in total. The van der Waals surface area contributed by atoms with Crippen molar-refractivity contribution in [3.8, 4) is 5.75 Å². The molecule has 2 amide bonds. The monoisotopic (exact) mass is 1250 g/mol. The van der Waals surface area contributed by atoms with Gasteiger partial charge in [0, 0.05) is 53.5 Å². The number of nitrogens with one attached hydrogen (secondary N) is 1. The summed E-state index contributed by atoms with van der Waals surface area (Å²) in [5, 5.41) is 13.4. The summed E-state index contributed by atoms with van der Waals surface area (Å²) < 4.78 is 52.2. The van der Waals surface area contributed by atoms with E-state index < -0.39 is 38.4 Å². The highest BCUT2D eigenvalue weighted by atomic mass is 127. The standard InChI is InChI=1S/C25H29I2NO3.C15H13N3O4S.C15H15NO2S/c1-4-7-11-22-23(18-10-8-9-12-21(18)31-22)24(29)17-15-19(26)25(20(27)16-17)30-14-13-28(5-2)6-3;1-18-13(15(20)17-12-8-4-5-9-16-12)14(19)10-6-2-3-7-11(10)23(18,21)22;16-14(17)11-19(18)15(12-7-3-1-4-8-12)13-9-5-2-6-10-13/h8-10,12,15-16H,4-7,11,13-14H2,1-3H3;2-9,19H,1H3,(H,16,17,20);1-10,15H,11H2,(H2,16,17). The van der Waals surface area contributed by atoms with Crippen molar-refractivity contribution < 1.29 is 41.3 Å². The van der Waals surface area contributed by atoms with E-state index in [9.17, 15) is 32.1 Å². The summed E-state index contributed by atoms with van der Waals surface area (Å²) in [5.74, 6) is 0.0761. The van der Waals surface area contributed by atoms with E-state index in [4.69, 9.17) is 14.9 Å². The predicted molar refractivity (Wildman–Crippen MR) is 304 cm³/mol. The predicted octanol–water partition coefficient (Wildman–Crippen LogP) is 10.5. The van der Waals surface area contributed by atoms with E-state index in [1.54, 1.807) is 30.3 Å². The van der Waals surface area contributed by atoms with E-state index in [-0.39, 0.29) is 38.8 Å². The number of primary amides is 1. The maximum atomic E-state index is 13.6. The Hall–Kier alpha value is -5.94. The molecule has 1 unspecified atom stereocenters. The zero-order chi connectivity index (χ0) is 52.7. The lowest BCUT2D eigenvalue weighted by Crippen LogP contribution is -2.37. The number of likely N-dealkylation sites (N-methyl/N-ethyl adjacent to an activating group) is 2. The van der Waals surface area contributed by atoms with Crippen molar-refractivity contribution >= 4 is 106 Å². The van der Waals surface area contributed by atoms with Crippen molar-refractivity contribution in [1.29, 1.82) is 0 Å². The largest absolute Gasteiger partial charge is 0.505 e. The van der Waals surface area contributed by atoms with E-state index in [0.29, 0.717) is 17.7 Å². The van der Waals surface area contributed by atoms with Crippen LogP contribution in [0.15, 0.2) is 161 Å². The van der Waals surface area contributed by atoms with Gasteiger partial charge in [-0.1, -0.05) is 124 Å². The molecule has 18 heteroatoms. The molecule has 7 aromatic rings. The van der Waals surface area contributed by atoms with Gasteiger partial charge in [-0.25, -0.2) is 13.4 Å². The lowest BCUT2D eigenvalue weighted by Gasteiger charge is -2.28. The van der Waals surface area contributed by atoms with Crippen molar-refractivity contribution in [1.82, 2.24) is 14.2 Å². The lowest BCUT2D eigenvalue weighted by molar-refractivity contribution is -0.115. The number of hydrogen-bond donors (Lipinski definition) is 3. The molecule has 1 aliphatic heterocycles. The van der Waals surface area contributed by atoms with Crippen LogP contribution in [-0.4, -0.2) is 88.6 Å². The van der Waals surface area contributed by atoms with Crippen LogP contribution in [-0.2, 0) is 36.8 Å². The number of halogens is 2. The number of aromatic nitrogens is 1. The van der Waals surface area contributed by atoms with Crippen molar-refractivity contribution in [2.24, 2.45) is 5.73 Å². The number of fused-ring (bicyclic) bond motifs is 2. The minimum atomic E-state index is -3.91. The molecule has 73 heavy (non-hydrogen) atoms. The van der Waals surface area contributed by atoms with Gasteiger partial charge in [-0.2, -0.15) is 0 Å². The van der Waals surface area contributed by atoms with Gasteiger partial charge in [0.15, 0.2) is 17.2 Å². The van der Waals surface area contributed by atoms with Crippen molar-refractivity contribution in [2.45, 2.75) is 50.2 Å². The number of hydrogen-bond acceptors (Lipinski definition) is 11. The number of aryl methyl sites for hydroxylation is 1. The first-order valence-corrected chi connectivity index (χ1v) is 28.5. The summed E-state index contributed by atoms with van der Waals surface area (Å²) in [4.78, 5) is 43.2. The van der Waals surface area contributed by atoms with Gasteiger partial charge in [0.2, 0.25) is 5.91 Å². The van der Waals surface area contributed by atoms with Crippen LogP contribution >= 0.6 is 45.2 Å². The zero-order valence-corrected chi connectivity index (χ0v) is 46.7. The molecule has 0 radical (unpaired) electrons. The molecule has 0 saturated heterocycles. The Balaban J connectivity index is 0.000000185. The van der Waals surface area contributed by atoms with Crippen LogP contribution in [0, 0.1) is 7.14 Å². The number of amides is 2. The summed E-state index contributed by atoms with van der Waals surface area (Å²) >= 11 is 4.54. The lowest BCUT2D eigenvalue weighted by atomic mass is 9.98. The third kappa shape index (κ3) is 14.2. The number of benzene rings is 5. The first kappa shape index (κ1) is 56.4. The van der Waals surface area contributed by atoms with Gasteiger partial charge in [0.25, 0.3) is 15.9 Å². The minimum Gasteiger partial charge on any atom is -0.505 e. The number of sulfonamides is 1. The van der Waals surface area contributed by atoms with Gasteiger partial charge in [0.05, 0.1) is 22.8 Å². The van der Waals surface area contributed by atoms with E-state index in [2.05, 4.69) is 81.2 Å². The second-order valence-electron chi connectivity index (χ2n) is 16.5. The third-order valence-electron chi connectivity index (χ3n) is 11.7. The van der Waals surface area contributed by atoms with Gasteiger partial charge in [-0.05, 0) is 118 Å². The second kappa shape index (κ2) is 26.8. The Morgan fingerprint density at radius 1 is 0.849 bits per heavy atom. The Morgan fingerprint density at radius 3 is 2.03 bits per heavy atom. The maximum Gasteiger partial charge on any atom is 0.277 e. The van der Waals surface area contributed by atoms with Crippen molar-refractivity contribution in [2.75, 3.05) is 44.4 Å². The number of anilines is 1. The van der Waals surface area contributed by atoms with E-state index in [1.807, 2.05) is 97.1 Å². The Bertz CT molecular complexity index is 3130. The topological polar surface area (TPSA) is 202 Å². The van der Waals surface area contributed by atoms with Crippen molar-refractivity contribution in [3.05, 3.63) is 192 Å². The van der Waals surface area contributed by atoms with Crippen LogP contribution in [0.4, 0.5) is 5.82 Å². The normalized spacial score (nSPS) is 13.1. The molecule has 3 heterocycles. The highest BCUT2D eigenvalue weighted by molar-refractivity contribution is 14.1. The van der Waals surface area contributed by atoms with E-state index in [1.165, 1.54) is 25.4 Å². The van der Waals surface area contributed by atoms with Gasteiger partial charge < -0.3 is 30.2 Å². The quantitative estimate of drug-likeness (QED) is 0.0545. The SMILES string of the molecule is CCCCc1oc2ccccc2c1C(=O)c1cc(I)c(OCCN(CC)CC)c(I)c1.CN1C(C(=O)Nc2ccccn2)=C(O)c2ccccc2S1(=O)=O.NC(=O)CS(=O)C(c1ccccc1)c1ccccc1. The average Bonchev–Trinajstić information content (AvgIpc) is 3.76. The molecule has 0 saturated carbocycles. The smallest absolute Gasteiger partial charge is 0.277 e. The van der Waals surface area contributed by atoms with Crippen molar-refractivity contribution in [3.63, 3.8) is 0 Å². The number of ketones is 1. The molecular formula is C55H57I2N5O9S2. The third-order valence-corrected chi connectivity index (χ3v) is 16.7. The first-order chi connectivity index (χ1) is 35.1. The Kier molecular flexibility index (Phi) is 20.7. The van der Waals surface area contributed by atoms with Crippen LogP contribution < -0.4 is 15.8 Å². The number of para-hydroxylation sites is 1. The fraction of sp³-hybridized carbons (Fsp3) is 0.236. The highest BCUT2D eigenvalue weighted by Gasteiger charge is 2.38. The van der Waals surface area contributed by atoms with Gasteiger partial charge in [0.1, 0.15) is 35.3 Å². The number of nitrogens with two attached hydrogens (primary N) is 1. The molecule has 0 fully saturated rings. The molecule has 0 aliphatic carbocycles. The molecule has 1 atom stereocenters. The molecular weight excluding hydrogens is 1190 g/mol. The van der Waals surface area contributed by atoms with Gasteiger partial charge in [-0.15, -0.1) is 0 Å². The summed E-state index contributed by atoms with van der Waals surface area (Å²) in [7, 11) is -4.05. The molecule has 2 aromatic heterocycles. The molecule has 382 valence electrons. The average molecular weight is 1250 g/mol. The Labute approximate surface area is 456 Å². The fourth-order valence-electron chi connectivity index (χ4n) is 7.92. The summed E-state index contributed by atoms with van der Waals surface area (Å²) in [6.45, 7) is 10.0. The second-order valence-corrected chi connectivity index (χ2v) is 22.3. The van der Waals surface area contributed by atoms with E-state index >= 15 is 0 Å².